The molecule has 0 radical (unpaired) electrons. The first-order valence-electron chi connectivity index (χ1n) is 7.51. The second-order valence-corrected chi connectivity index (χ2v) is 5.25. The van der Waals surface area contributed by atoms with Crippen LogP contribution in [0.4, 0.5) is 0 Å². The molecular weight excluding hydrogens is 276 g/mol. The monoisotopic (exact) mass is 304 g/mol. The van der Waals surface area contributed by atoms with Gasteiger partial charge in [0, 0.05) is 17.7 Å². The number of ether oxygens (including phenoxy) is 1. The Morgan fingerprint density at radius 1 is 1.50 bits per heavy atom. The fraction of sp³-hybridized carbons (Fsp3) is 0.444. The molecule has 0 amide bonds. The number of hydrogen-bond acceptors (Lipinski definition) is 4. The summed E-state index contributed by atoms with van der Waals surface area (Å²) in [5.74, 6) is -0.259. The van der Waals surface area contributed by atoms with Crippen LogP contribution in [0.25, 0.3) is 6.08 Å². The van der Waals surface area contributed by atoms with E-state index in [1.165, 1.54) is 0 Å². The predicted molar refractivity (Wildman–Crippen MR) is 91.9 cm³/mol. The number of hydrogen-bond donors (Lipinski definition) is 1. The summed E-state index contributed by atoms with van der Waals surface area (Å²) < 4.78 is 5.24. The van der Waals surface area contributed by atoms with Crippen LogP contribution in [0, 0.1) is 5.92 Å². The van der Waals surface area contributed by atoms with Crippen molar-refractivity contribution in [1.82, 2.24) is 4.98 Å². The second-order valence-electron chi connectivity index (χ2n) is 5.25. The molecule has 4 nitrogen and oxygen atoms in total. The maximum Gasteiger partial charge on any atom is 0.334 e. The summed E-state index contributed by atoms with van der Waals surface area (Å²) in [5, 5.41) is 0. The Morgan fingerprint density at radius 3 is 2.45 bits per heavy atom. The van der Waals surface area contributed by atoms with E-state index in [2.05, 4.69) is 18.1 Å². The van der Waals surface area contributed by atoms with Crippen molar-refractivity contribution in [3.05, 3.63) is 48.8 Å². The van der Waals surface area contributed by atoms with Gasteiger partial charge in [0.25, 0.3) is 0 Å². The summed E-state index contributed by atoms with van der Waals surface area (Å²) in [5.41, 5.74) is 6.46. The summed E-state index contributed by atoms with van der Waals surface area (Å²) in [6.07, 6.45) is 4.96. The SMILES string of the molecule is C=C(C)C(=O)OC(N)(CC)C(C)CC.C=Cc1ccccn1. The summed E-state index contributed by atoms with van der Waals surface area (Å²) >= 11 is 0. The summed E-state index contributed by atoms with van der Waals surface area (Å²) in [6, 6.07) is 5.73. The molecule has 0 saturated carbocycles. The average Bonchev–Trinajstić information content (AvgIpc) is 2.54. The molecule has 0 bridgehead atoms. The van der Waals surface area contributed by atoms with Crippen molar-refractivity contribution in [1.29, 1.82) is 0 Å². The molecule has 4 heteroatoms. The molecule has 0 aromatic carbocycles. The van der Waals surface area contributed by atoms with Gasteiger partial charge in [0.1, 0.15) is 0 Å². The smallest absolute Gasteiger partial charge is 0.334 e. The van der Waals surface area contributed by atoms with Gasteiger partial charge in [-0.05, 0) is 38.0 Å². The Morgan fingerprint density at radius 2 is 2.14 bits per heavy atom. The maximum absolute atomic E-state index is 11.3. The molecule has 0 saturated heterocycles. The fourth-order valence-corrected chi connectivity index (χ4v) is 1.62. The summed E-state index contributed by atoms with van der Waals surface area (Å²) in [7, 11) is 0. The van der Waals surface area contributed by atoms with Gasteiger partial charge in [0.2, 0.25) is 0 Å². The highest BCUT2D eigenvalue weighted by molar-refractivity contribution is 5.87. The molecule has 1 heterocycles. The molecule has 1 aromatic heterocycles. The number of carbonyl (C=O) groups excluding carboxylic acids is 1. The first-order chi connectivity index (χ1) is 10.3. The lowest BCUT2D eigenvalue weighted by atomic mass is 9.93. The Balaban J connectivity index is 0.000000461. The first-order valence-corrected chi connectivity index (χ1v) is 7.51. The molecule has 2 unspecified atom stereocenters. The third-order valence-corrected chi connectivity index (χ3v) is 3.53. The van der Waals surface area contributed by atoms with Crippen LogP contribution in [0.3, 0.4) is 0 Å². The van der Waals surface area contributed by atoms with Crippen molar-refractivity contribution in [3.8, 4) is 0 Å². The van der Waals surface area contributed by atoms with Gasteiger partial charge in [-0.2, -0.15) is 0 Å². The van der Waals surface area contributed by atoms with E-state index in [0.717, 1.165) is 12.1 Å². The number of nitrogens with two attached hydrogens (primary N) is 1. The van der Waals surface area contributed by atoms with Crippen LogP contribution in [-0.4, -0.2) is 16.7 Å². The lowest BCUT2D eigenvalue weighted by Crippen LogP contribution is -2.49. The van der Waals surface area contributed by atoms with Crippen molar-refractivity contribution in [3.63, 3.8) is 0 Å². The zero-order chi connectivity index (χ0) is 17.2. The van der Waals surface area contributed by atoms with E-state index in [1.807, 2.05) is 39.0 Å². The van der Waals surface area contributed by atoms with E-state index in [4.69, 9.17) is 10.5 Å². The molecule has 0 fully saturated rings. The summed E-state index contributed by atoms with van der Waals surface area (Å²) in [6.45, 7) is 14.6. The Labute approximate surface area is 134 Å². The van der Waals surface area contributed by atoms with Crippen LogP contribution in [0.1, 0.15) is 46.2 Å². The van der Waals surface area contributed by atoms with E-state index >= 15 is 0 Å². The van der Waals surface area contributed by atoms with E-state index in [1.54, 1.807) is 19.2 Å². The van der Waals surface area contributed by atoms with Crippen LogP contribution in [0.5, 0.6) is 0 Å². The van der Waals surface area contributed by atoms with Gasteiger partial charge in [-0.25, -0.2) is 4.79 Å². The van der Waals surface area contributed by atoms with Crippen LogP contribution in [-0.2, 0) is 9.53 Å². The first kappa shape index (κ1) is 20.1. The zero-order valence-corrected chi connectivity index (χ0v) is 14.1. The molecule has 0 aliphatic heterocycles. The van der Waals surface area contributed by atoms with Crippen molar-refractivity contribution >= 4 is 12.0 Å². The highest BCUT2D eigenvalue weighted by atomic mass is 16.6. The third kappa shape index (κ3) is 6.68. The number of aromatic nitrogens is 1. The highest BCUT2D eigenvalue weighted by Gasteiger charge is 2.33. The van der Waals surface area contributed by atoms with Crippen LogP contribution >= 0.6 is 0 Å². The van der Waals surface area contributed by atoms with E-state index in [0.29, 0.717) is 12.0 Å². The fourth-order valence-electron chi connectivity index (χ4n) is 1.62. The number of pyridine rings is 1. The lowest BCUT2D eigenvalue weighted by Gasteiger charge is -2.33. The largest absolute Gasteiger partial charge is 0.441 e. The van der Waals surface area contributed by atoms with Crippen molar-refractivity contribution in [2.75, 3.05) is 0 Å². The van der Waals surface area contributed by atoms with Gasteiger partial charge in [0.05, 0.1) is 5.69 Å². The Bertz CT molecular complexity index is 485. The van der Waals surface area contributed by atoms with Gasteiger partial charge >= 0.3 is 5.97 Å². The predicted octanol–water partition coefficient (Wildman–Crippen LogP) is 3.94. The minimum Gasteiger partial charge on any atom is -0.441 e. The van der Waals surface area contributed by atoms with Gasteiger partial charge in [-0.3, -0.25) is 10.7 Å². The van der Waals surface area contributed by atoms with E-state index < -0.39 is 11.7 Å². The van der Waals surface area contributed by atoms with Crippen LogP contribution in [0.2, 0.25) is 0 Å². The molecule has 22 heavy (non-hydrogen) atoms. The van der Waals surface area contributed by atoms with Crippen LogP contribution < -0.4 is 5.73 Å². The molecule has 1 rings (SSSR count). The molecule has 1 aromatic rings. The molecule has 122 valence electrons. The summed E-state index contributed by atoms with van der Waals surface area (Å²) in [4.78, 5) is 15.3. The van der Waals surface area contributed by atoms with Gasteiger partial charge in [-0.1, -0.05) is 40.0 Å². The molecule has 0 spiro atoms. The highest BCUT2D eigenvalue weighted by Crippen LogP contribution is 2.23. The molecule has 2 N–H and O–H groups in total. The van der Waals surface area contributed by atoms with Crippen molar-refractivity contribution in [2.45, 2.75) is 46.3 Å². The number of esters is 1. The topological polar surface area (TPSA) is 65.2 Å². The van der Waals surface area contributed by atoms with Gasteiger partial charge in [-0.15, -0.1) is 0 Å². The van der Waals surface area contributed by atoms with E-state index in [9.17, 15) is 4.79 Å². The average molecular weight is 304 g/mol. The van der Waals surface area contributed by atoms with Crippen molar-refractivity contribution in [2.24, 2.45) is 11.7 Å². The number of rotatable bonds is 6. The minimum atomic E-state index is -0.856. The zero-order valence-electron chi connectivity index (χ0n) is 14.1. The minimum absolute atomic E-state index is 0.149. The maximum atomic E-state index is 11.3. The molecule has 0 aliphatic rings. The molecule has 0 aliphatic carbocycles. The van der Waals surface area contributed by atoms with E-state index in [-0.39, 0.29) is 5.92 Å². The normalized spacial score (nSPS) is 13.9. The number of nitrogens with zero attached hydrogens (tertiary/aromatic N) is 1. The van der Waals surface area contributed by atoms with Gasteiger partial charge < -0.3 is 4.74 Å². The number of carbonyl (C=O) groups is 1. The lowest BCUT2D eigenvalue weighted by molar-refractivity contribution is -0.160. The standard InChI is InChI=1S/C11H21NO2.C7H7N/c1-6-9(5)11(12,7-2)14-10(13)8(3)4;1-2-7-5-3-4-6-8-7/h9H,3,6-7,12H2,1-2,4-5H3;2-6H,1H2. The molecule has 2 atom stereocenters. The molecular formula is C18H28N2O2. The second kappa shape index (κ2) is 9.90. The Hall–Kier alpha value is -1.94. The Kier molecular flexibility index (Phi) is 9.03. The third-order valence-electron chi connectivity index (χ3n) is 3.53. The van der Waals surface area contributed by atoms with Crippen molar-refractivity contribution < 1.29 is 9.53 Å². The quantitative estimate of drug-likeness (QED) is 0.491. The van der Waals surface area contributed by atoms with Gasteiger partial charge in [0.15, 0.2) is 5.72 Å². The van der Waals surface area contributed by atoms with Crippen LogP contribution in [0.15, 0.2) is 43.1 Å².